The second-order valence-corrected chi connectivity index (χ2v) is 3.61. The quantitative estimate of drug-likeness (QED) is 0.701. The number of H-pyrrole nitrogens is 1. The number of aromatic amines is 1. The lowest BCUT2D eigenvalue weighted by molar-refractivity contribution is 0.476. The SMILES string of the molecule is NCCCc1nc2ccc(O)cc2c(=O)[nH]1. The van der Waals surface area contributed by atoms with Crippen molar-refractivity contribution in [2.45, 2.75) is 12.8 Å². The predicted octanol–water partition coefficient (Wildman–Crippen LogP) is 0.520. The van der Waals surface area contributed by atoms with Crippen LogP contribution in [-0.2, 0) is 6.42 Å². The van der Waals surface area contributed by atoms with Crippen LogP contribution in [0.4, 0.5) is 0 Å². The molecule has 84 valence electrons. The molecule has 0 fully saturated rings. The minimum atomic E-state index is -0.229. The molecule has 2 rings (SSSR count). The third-order valence-electron chi connectivity index (χ3n) is 2.36. The fourth-order valence-corrected chi connectivity index (χ4v) is 1.56. The summed E-state index contributed by atoms with van der Waals surface area (Å²) in [7, 11) is 0. The molecule has 0 spiro atoms. The number of nitrogens with one attached hydrogen (secondary N) is 1. The maximum atomic E-state index is 11.7. The van der Waals surface area contributed by atoms with Crippen molar-refractivity contribution in [3.8, 4) is 5.75 Å². The summed E-state index contributed by atoms with van der Waals surface area (Å²) in [6.07, 6.45) is 1.44. The number of benzene rings is 1. The van der Waals surface area contributed by atoms with E-state index in [4.69, 9.17) is 5.73 Å². The van der Waals surface area contributed by atoms with Crippen molar-refractivity contribution in [3.63, 3.8) is 0 Å². The van der Waals surface area contributed by atoms with Crippen molar-refractivity contribution >= 4 is 10.9 Å². The molecular weight excluding hydrogens is 206 g/mol. The number of nitrogens with zero attached hydrogens (tertiary/aromatic N) is 1. The molecule has 1 aromatic carbocycles. The molecule has 5 heteroatoms. The Balaban J connectivity index is 2.51. The van der Waals surface area contributed by atoms with Crippen LogP contribution in [0.5, 0.6) is 5.75 Å². The largest absolute Gasteiger partial charge is 0.508 e. The molecule has 0 amide bonds. The third kappa shape index (κ3) is 2.04. The maximum Gasteiger partial charge on any atom is 0.258 e. The van der Waals surface area contributed by atoms with Gasteiger partial charge in [0.15, 0.2) is 0 Å². The lowest BCUT2D eigenvalue weighted by atomic mass is 10.2. The van der Waals surface area contributed by atoms with Gasteiger partial charge in [0.25, 0.3) is 5.56 Å². The van der Waals surface area contributed by atoms with Crippen LogP contribution in [0.25, 0.3) is 10.9 Å². The minimum Gasteiger partial charge on any atom is -0.508 e. The van der Waals surface area contributed by atoms with E-state index >= 15 is 0 Å². The summed E-state index contributed by atoms with van der Waals surface area (Å²) in [5, 5.41) is 9.67. The van der Waals surface area contributed by atoms with Gasteiger partial charge in [-0.15, -0.1) is 0 Å². The normalized spacial score (nSPS) is 10.8. The van der Waals surface area contributed by atoms with E-state index in [1.54, 1.807) is 6.07 Å². The molecule has 5 nitrogen and oxygen atoms in total. The summed E-state index contributed by atoms with van der Waals surface area (Å²) in [5.41, 5.74) is 5.76. The fourth-order valence-electron chi connectivity index (χ4n) is 1.56. The van der Waals surface area contributed by atoms with Crippen molar-refractivity contribution in [2.75, 3.05) is 6.54 Å². The van der Waals surface area contributed by atoms with Gasteiger partial charge in [-0.05, 0) is 31.2 Å². The molecule has 0 aliphatic rings. The van der Waals surface area contributed by atoms with E-state index in [1.165, 1.54) is 12.1 Å². The van der Waals surface area contributed by atoms with Gasteiger partial charge in [0.2, 0.25) is 0 Å². The molecule has 0 atom stereocenters. The number of rotatable bonds is 3. The highest BCUT2D eigenvalue weighted by Crippen LogP contribution is 2.14. The van der Waals surface area contributed by atoms with E-state index in [1.807, 2.05) is 0 Å². The van der Waals surface area contributed by atoms with Crippen LogP contribution in [0.2, 0.25) is 0 Å². The van der Waals surface area contributed by atoms with Crippen molar-refractivity contribution in [3.05, 3.63) is 34.4 Å². The van der Waals surface area contributed by atoms with Crippen molar-refractivity contribution < 1.29 is 5.11 Å². The van der Waals surface area contributed by atoms with Crippen LogP contribution in [0.15, 0.2) is 23.0 Å². The Hall–Kier alpha value is -1.88. The van der Waals surface area contributed by atoms with Crippen LogP contribution in [-0.4, -0.2) is 21.6 Å². The smallest absolute Gasteiger partial charge is 0.258 e. The van der Waals surface area contributed by atoms with Gasteiger partial charge >= 0.3 is 0 Å². The molecule has 0 radical (unpaired) electrons. The summed E-state index contributed by atoms with van der Waals surface area (Å²) in [6, 6.07) is 4.56. The van der Waals surface area contributed by atoms with Crippen molar-refractivity contribution in [2.24, 2.45) is 5.73 Å². The molecule has 0 saturated heterocycles. The first-order chi connectivity index (χ1) is 7.70. The van der Waals surface area contributed by atoms with E-state index in [9.17, 15) is 9.90 Å². The highest BCUT2D eigenvalue weighted by molar-refractivity contribution is 5.78. The number of fused-ring (bicyclic) bond motifs is 1. The predicted molar refractivity (Wildman–Crippen MR) is 61.4 cm³/mol. The zero-order valence-electron chi connectivity index (χ0n) is 8.73. The Kier molecular flexibility index (Phi) is 2.87. The Bertz CT molecular complexity index is 563. The minimum absolute atomic E-state index is 0.0644. The van der Waals surface area contributed by atoms with E-state index in [0.717, 1.165) is 6.42 Å². The molecule has 16 heavy (non-hydrogen) atoms. The van der Waals surface area contributed by atoms with E-state index in [0.29, 0.717) is 29.7 Å². The summed E-state index contributed by atoms with van der Waals surface area (Å²) in [5.74, 6) is 0.697. The Morgan fingerprint density at radius 1 is 1.44 bits per heavy atom. The lowest BCUT2D eigenvalue weighted by Gasteiger charge is -2.02. The topological polar surface area (TPSA) is 92.0 Å². The summed E-state index contributed by atoms with van der Waals surface area (Å²) in [4.78, 5) is 18.6. The number of aromatic hydroxyl groups is 1. The number of aryl methyl sites for hydroxylation is 1. The van der Waals surface area contributed by atoms with Crippen molar-refractivity contribution in [1.82, 2.24) is 9.97 Å². The monoisotopic (exact) mass is 219 g/mol. The molecule has 2 aromatic rings. The number of hydrogen-bond acceptors (Lipinski definition) is 4. The standard InChI is InChI=1S/C11H13N3O2/c12-5-1-2-10-13-9-4-3-7(15)6-8(9)11(16)14-10/h3-4,6,15H,1-2,5,12H2,(H,13,14,16). The lowest BCUT2D eigenvalue weighted by Crippen LogP contribution is -2.13. The summed E-state index contributed by atoms with van der Waals surface area (Å²) in [6.45, 7) is 0.567. The highest BCUT2D eigenvalue weighted by Gasteiger charge is 2.04. The number of nitrogens with two attached hydrogens (primary N) is 1. The molecular formula is C11H13N3O2. The fraction of sp³-hybridized carbons (Fsp3) is 0.273. The average Bonchev–Trinajstić information content (AvgIpc) is 2.27. The summed E-state index contributed by atoms with van der Waals surface area (Å²) >= 11 is 0. The Morgan fingerprint density at radius 2 is 2.25 bits per heavy atom. The van der Waals surface area contributed by atoms with Crippen LogP contribution in [0.1, 0.15) is 12.2 Å². The van der Waals surface area contributed by atoms with Crippen LogP contribution in [0.3, 0.4) is 0 Å². The first-order valence-electron chi connectivity index (χ1n) is 5.12. The Morgan fingerprint density at radius 3 is 3.00 bits per heavy atom. The second kappa shape index (κ2) is 4.32. The molecule has 0 bridgehead atoms. The van der Waals surface area contributed by atoms with Gasteiger partial charge in [-0.1, -0.05) is 0 Å². The first-order valence-corrected chi connectivity index (χ1v) is 5.12. The van der Waals surface area contributed by atoms with Gasteiger partial charge in [-0.2, -0.15) is 0 Å². The average molecular weight is 219 g/mol. The van der Waals surface area contributed by atoms with Gasteiger partial charge in [0.1, 0.15) is 11.6 Å². The van der Waals surface area contributed by atoms with Crippen LogP contribution >= 0.6 is 0 Å². The zero-order valence-corrected chi connectivity index (χ0v) is 8.73. The number of hydrogen-bond donors (Lipinski definition) is 3. The molecule has 1 heterocycles. The van der Waals surface area contributed by atoms with E-state index in [2.05, 4.69) is 9.97 Å². The maximum absolute atomic E-state index is 11.7. The molecule has 0 aliphatic carbocycles. The highest BCUT2D eigenvalue weighted by atomic mass is 16.3. The molecule has 0 aliphatic heterocycles. The first kappa shape index (κ1) is 10.6. The van der Waals surface area contributed by atoms with Gasteiger partial charge in [0.05, 0.1) is 10.9 Å². The molecule has 0 saturated carbocycles. The second-order valence-electron chi connectivity index (χ2n) is 3.61. The third-order valence-corrected chi connectivity index (χ3v) is 2.36. The Labute approximate surface area is 91.9 Å². The number of aromatic nitrogens is 2. The van der Waals surface area contributed by atoms with E-state index < -0.39 is 0 Å². The van der Waals surface area contributed by atoms with Crippen LogP contribution in [0, 0.1) is 0 Å². The van der Waals surface area contributed by atoms with Gasteiger partial charge in [-0.3, -0.25) is 4.79 Å². The number of phenolic OH excluding ortho intramolecular Hbond substituents is 1. The van der Waals surface area contributed by atoms with Gasteiger partial charge < -0.3 is 15.8 Å². The van der Waals surface area contributed by atoms with E-state index in [-0.39, 0.29) is 11.3 Å². The van der Waals surface area contributed by atoms with Gasteiger partial charge in [-0.25, -0.2) is 4.98 Å². The van der Waals surface area contributed by atoms with Crippen LogP contribution < -0.4 is 11.3 Å². The molecule has 4 N–H and O–H groups in total. The van der Waals surface area contributed by atoms with Gasteiger partial charge in [0, 0.05) is 6.42 Å². The summed E-state index contributed by atoms with van der Waals surface area (Å²) < 4.78 is 0. The zero-order chi connectivity index (χ0) is 11.5. The van der Waals surface area contributed by atoms with Crippen molar-refractivity contribution in [1.29, 1.82) is 0 Å². The number of phenols is 1. The molecule has 0 unspecified atom stereocenters. The molecule has 1 aromatic heterocycles.